The van der Waals surface area contributed by atoms with Crippen molar-refractivity contribution in [2.24, 2.45) is 0 Å². The topological polar surface area (TPSA) is 117 Å². The normalized spacial score (nSPS) is 11.9. The smallest absolute Gasteiger partial charge is 0.321 e. The van der Waals surface area contributed by atoms with Crippen LogP contribution in [0, 0.1) is 11.3 Å². The Bertz CT molecular complexity index is 1040. The van der Waals surface area contributed by atoms with Gasteiger partial charge in [0.1, 0.15) is 6.54 Å². The number of rotatable bonds is 9. The number of anilines is 1. The molecule has 2 aromatic carbocycles. The molecule has 30 heavy (non-hydrogen) atoms. The van der Waals surface area contributed by atoms with Crippen LogP contribution in [0.5, 0.6) is 0 Å². The van der Waals surface area contributed by atoms with Crippen LogP contribution in [-0.2, 0) is 24.3 Å². The number of amides is 1. The van der Waals surface area contributed by atoms with Crippen LogP contribution in [0.25, 0.3) is 0 Å². The molecule has 0 bridgehead atoms. The van der Waals surface area contributed by atoms with Crippen molar-refractivity contribution in [2.75, 3.05) is 18.0 Å². The van der Waals surface area contributed by atoms with E-state index in [2.05, 4.69) is 20.7 Å². The third-order valence-electron chi connectivity index (χ3n) is 3.95. The Labute approximate surface area is 183 Å². The van der Waals surface area contributed by atoms with E-state index in [9.17, 15) is 18.0 Å². The standard InChI is InChI=1S/C20H20BrN3O5S/c1-15(20(26)24(12-6-11-22)17-8-3-2-4-9-17)29-19(25)14-23-30(27,28)18-10-5-7-16(21)13-18/h2-5,7-10,13,15,23H,6,12,14H2,1H3. The van der Waals surface area contributed by atoms with Crippen molar-refractivity contribution >= 4 is 43.5 Å². The second kappa shape index (κ2) is 10.9. The van der Waals surface area contributed by atoms with Crippen LogP contribution in [-0.4, -0.2) is 39.5 Å². The molecule has 0 saturated heterocycles. The van der Waals surface area contributed by atoms with Crippen LogP contribution in [0.2, 0.25) is 0 Å². The Morgan fingerprint density at radius 3 is 2.53 bits per heavy atom. The minimum Gasteiger partial charge on any atom is -0.452 e. The van der Waals surface area contributed by atoms with Crippen molar-refractivity contribution < 1.29 is 22.7 Å². The SMILES string of the molecule is CC(OC(=O)CNS(=O)(=O)c1cccc(Br)c1)C(=O)N(CCC#N)c1ccccc1. The fraction of sp³-hybridized carbons (Fsp3) is 0.250. The number of benzene rings is 2. The molecular formula is C20H20BrN3O5S. The van der Waals surface area contributed by atoms with Gasteiger partial charge >= 0.3 is 5.97 Å². The van der Waals surface area contributed by atoms with E-state index < -0.39 is 34.5 Å². The van der Waals surface area contributed by atoms with E-state index in [4.69, 9.17) is 10.00 Å². The third-order valence-corrected chi connectivity index (χ3v) is 5.84. The van der Waals surface area contributed by atoms with Crippen LogP contribution in [0.1, 0.15) is 13.3 Å². The maximum atomic E-state index is 12.7. The Kier molecular flexibility index (Phi) is 8.53. The monoisotopic (exact) mass is 493 g/mol. The highest BCUT2D eigenvalue weighted by molar-refractivity contribution is 9.10. The second-order valence-corrected chi connectivity index (χ2v) is 8.83. The number of para-hydroxylation sites is 1. The van der Waals surface area contributed by atoms with Crippen LogP contribution in [0.15, 0.2) is 64.0 Å². The lowest BCUT2D eigenvalue weighted by Crippen LogP contribution is -2.42. The molecule has 1 atom stereocenters. The molecule has 0 aliphatic heterocycles. The number of ether oxygens (including phenoxy) is 1. The molecule has 0 saturated carbocycles. The summed E-state index contributed by atoms with van der Waals surface area (Å²) in [4.78, 5) is 26.2. The van der Waals surface area contributed by atoms with E-state index in [0.29, 0.717) is 10.2 Å². The number of sulfonamides is 1. The van der Waals surface area contributed by atoms with Crippen LogP contribution in [0.3, 0.4) is 0 Å². The molecule has 0 aliphatic rings. The van der Waals surface area contributed by atoms with Crippen molar-refractivity contribution in [3.63, 3.8) is 0 Å². The van der Waals surface area contributed by atoms with Gasteiger partial charge < -0.3 is 9.64 Å². The maximum Gasteiger partial charge on any atom is 0.321 e. The fourth-order valence-electron chi connectivity index (χ4n) is 2.52. The van der Waals surface area contributed by atoms with E-state index in [1.807, 2.05) is 6.07 Å². The van der Waals surface area contributed by atoms with Crippen LogP contribution in [0.4, 0.5) is 5.69 Å². The van der Waals surface area contributed by atoms with E-state index in [1.165, 1.54) is 24.0 Å². The molecule has 0 heterocycles. The third kappa shape index (κ3) is 6.66. The summed E-state index contributed by atoms with van der Waals surface area (Å²) in [5.41, 5.74) is 0.566. The molecule has 158 valence electrons. The lowest BCUT2D eigenvalue weighted by molar-refractivity contribution is -0.152. The Hall–Kier alpha value is -2.74. The molecule has 2 rings (SSSR count). The van der Waals surface area contributed by atoms with Gasteiger partial charge in [-0.2, -0.15) is 9.98 Å². The van der Waals surface area contributed by atoms with Gasteiger partial charge in [-0.15, -0.1) is 0 Å². The zero-order valence-corrected chi connectivity index (χ0v) is 18.5. The first-order valence-electron chi connectivity index (χ1n) is 8.92. The van der Waals surface area contributed by atoms with Crippen molar-refractivity contribution in [1.82, 2.24) is 4.72 Å². The largest absolute Gasteiger partial charge is 0.452 e. The Morgan fingerprint density at radius 2 is 1.90 bits per heavy atom. The first kappa shape index (κ1) is 23.5. The molecule has 1 N–H and O–H groups in total. The average molecular weight is 494 g/mol. The summed E-state index contributed by atoms with van der Waals surface area (Å²) >= 11 is 3.19. The summed E-state index contributed by atoms with van der Waals surface area (Å²) in [6, 6.07) is 16.7. The number of hydrogen-bond acceptors (Lipinski definition) is 6. The summed E-state index contributed by atoms with van der Waals surface area (Å²) < 4.78 is 32.4. The molecule has 8 nitrogen and oxygen atoms in total. The highest BCUT2D eigenvalue weighted by Crippen LogP contribution is 2.17. The van der Waals surface area contributed by atoms with Crippen molar-refractivity contribution in [2.45, 2.75) is 24.3 Å². The molecule has 0 spiro atoms. The van der Waals surface area contributed by atoms with E-state index in [0.717, 1.165) is 0 Å². The summed E-state index contributed by atoms with van der Waals surface area (Å²) in [7, 11) is -3.92. The molecule has 1 unspecified atom stereocenters. The van der Waals surface area contributed by atoms with Gasteiger partial charge in [-0.25, -0.2) is 8.42 Å². The first-order valence-corrected chi connectivity index (χ1v) is 11.2. The lowest BCUT2D eigenvalue weighted by Gasteiger charge is -2.25. The number of carbonyl (C=O) groups is 2. The maximum absolute atomic E-state index is 12.7. The molecule has 0 fully saturated rings. The lowest BCUT2D eigenvalue weighted by atomic mass is 10.2. The second-order valence-electron chi connectivity index (χ2n) is 6.15. The summed E-state index contributed by atoms with van der Waals surface area (Å²) in [5.74, 6) is -1.41. The highest BCUT2D eigenvalue weighted by atomic mass is 79.9. The van der Waals surface area contributed by atoms with E-state index in [-0.39, 0.29) is 17.9 Å². The summed E-state index contributed by atoms with van der Waals surface area (Å²) in [6.45, 7) is 0.901. The van der Waals surface area contributed by atoms with E-state index in [1.54, 1.807) is 42.5 Å². The van der Waals surface area contributed by atoms with Gasteiger partial charge in [-0.1, -0.05) is 40.2 Å². The zero-order chi connectivity index (χ0) is 22.1. The van der Waals surface area contributed by atoms with Crippen molar-refractivity contribution in [3.05, 3.63) is 59.1 Å². The number of carbonyl (C=O) groups excluding carboxylic acids is 2. The Balaban J connectivity index is 1.99. The number of halogens is 1. The number of nitrogens with zero attached hydrogens (tertiary/aromatic N) is 2. The van der Waals surface area contributed by atoms with Crippen LogP contribution < -0.4 is 9.62 Å². The summed E-state index contributed by atoms with van der Waals surface area (Å²) in [5, 5.41) is 8.84. The Morgan fingerprint density at radius 1 is 1.20 bits per heavy atom. The fourth-order valence-corrected chi connectivity index (χ4v) is 4.08. The molecule has 2 aromatic rings. The number of nitriles is 1. The first-order chi connectivity index (χ1) is 14.2. The minimum atomic E-state index is -3.92. The molecule has 0 aliphatic carbocycles. The minimum absolute atomic E-state index is 0.0134. The predicted octanol–water partition coefficient (Wildman–Crippen LogP) is 2.61. The summed E-state index contributed by atoms with van der Waals surface area (Å²) in [6.07, 6.45) is -1.06. The van der Waals surface area contributed by atoms with Crippen LogP contribution >= 0.6 is 15.9 Å². The molecule has 0 aromatic heterocycles. The van der Waals surface area contributed by atoms with E-state index >= 15 is 0 Å². The van der Waals surface area contributed by atoms with Gasteiger partial charge in [0.25, 0.3) is 5.91 Å². The quantitative estimate of drug-likeness (QED) is 0.536. The number of hydrogen-bond donors (Lipinski definition) is 1. The highest BCUT2D eigenvalue weighted by Gasteiger charge is 2.25. The zero-order valence-electron chi connectivity index (χ0n) is 16.1. The predicted molar refractivity (Wildman–Crippen MR) is 114 cm³/mol. The van der Waals surface area contributed by atoms with Crippen molar-refractivity contribution in [1.29, 1.82) is 5.26 Å². The van der Waals surface area contributed by atoms with Gasteiger partial charge in [-0.3, -0.25) is 9.59 Å². The molecule has 0 radical (unpaired) electrons. The van der Waals surface area contributed by atoms with Gasteiger partial charge in [0, 0.05) is 16.7 Å². The number of esters is 1. The molecular weight excluding hydrogens is 474 g/mol. The van der Waals surface area contributed by atoms with Gasteiger partial charge in [0.2, 0.25) is 10.0 Å². The average Bonchev–Trinajstić information content (AvgIpc) is 2.73. The van der Waals surface area contributed by atoms with Crippen molar-refractivity contribution in [3.8, 4) is 6.07 Å². The molecule has 1 amide bonds. The molecule has 10 heteroatoms. The van der Waals surface area contributed by atoms with Gasteiger partial charge in [-0.05, 0) is 37.3 Å². The van der Waals surface area contributed by atoms with Gasteiger partial charge in [0.15, 0.2) is 6.10 Å². The number of nitrogens with one attached hydrogen (secondary N) is 1. The van der Waals surface area contributed by atoms with Gasteiger partial charge in [0.05, 0.1) is 17.4 Å².